The van der Waals surface area contributed by atoms with Crippen LogP contribution in [0, 0.1) is 0 Å². The molecule has 1 aromatic heterocycles. The maximum Gasteiger partial charge on any atom is 0.268 e. The Morgan fingerprint density at radius 2 is 1.78 bits per heavy atom. The average Bonchev–Trinajstić information content (AvgIpc) is 3.35. The fraction of sp³-hybridized carbons (Fsp3) is 0.304. The van der Waals surface area contributed by atoms with E-state index in [1.165, 1.54) is 4.90 Å². The van der Waals surface area contributed by atoms with Crippen molar-refractivity contribution >= 4 is 34.3 Å². The number of nitrogens with zero attached hydrogens (tertiary/aromatic N) is 1. The van der Waals surface area contributed by atoms with E-state index < -0.39 is 36.2 Å². The highest BCUT2D eigenvalue weighted by Gasteiger charge is 2.38. The Morgan fingerprint density at radius 3 is 2.47 bits per heavy atom. The van der Waals surface area contributed by atoms with E-state index in [-0.39, 0.29) is 25.2 Å². The second-order valence-electron chi connectivity index (χ2n) is 8.01. The standard InChI is InChI=1S/C23H24ClN3O5/c24-15-6-7-16-14(9-15)10-18(25-16)22(31)26-17(8-13-4-2-1-3-5-13)21(30)23(32)27-11-19(28)20(29)12-27/h1-7,9-10,17,19-21,25,28-30H,8,11-12H2,(H,26,31). The topological polar surface area (TPSA) is 126 Å². The monoisotopic (exact) mass is 457 g/mol. The molecular weight excluding hydrogens is 434 g/mol. The van der Waals surface area contributed by atoms with Gasteiger partial charge in [0.05, 0.1) is 18.2 Å². The molecule has 4 unspecified atom stereocenters. The van der Waals surface area contributed by atoms with E-state index in [9.17, 15) is 24.9 Å². The zero-order valence-corrected chi connectivity index (χ0v) is 17.9. The number of halogens is 1. The molecule has 4 atom stereocenters. The number of amides is 2. The van der Waals surface area contributed by atoms with Gasteiger partial charge >= 0.3 is 0 Å². The Labute approximate surface area is 189 Å². The van der Waals surface area contributed by atoms with Gasteiger partial charge in [-0.15, -0.1) is 0 Å². The summed E-state index contributed by atoms with van der Waals surface area (Å²) in [7, 11) is 0. The number of fused-ring (bicyclic) bond motifs is 1. The molecule has 1 saturated heterocycles. The molecule has 1 aliphatic heterocycles. The van der Waals surface area contributed by atoms with E-state index in [4.69, 9.17) is 11.6 Å². The molecule has 0 saturated carbocycles. The molecule has 3 aromatic rings. The minimum atomic E-state index is -1.56. The van der Waals surface area contributed by atoms with Gasteiger partial charge in [0.25, 0.3) is 11.8 Å². The maximum atomic E-state index is 13.0. The van der Waals surface area contributed by atoms with Crippen LogP contribution in [0.15, 0.2) is 54.6 Å². The number of carbonyl (C=O) groups excluding carboxylic acids is 2. The van der Waals surface area contributed by atoms with Gasteiger partial charge in [-0.25, -0.2) is 0 Å². The van der Waals surface area contributed by atoms with E-state index in [0.717, 1.165) is 16.5 Å². The van der Waals surface area contributed by atoms with E-state index >= 15 is 0 Å². The predicted octanol–water partition coefficient (Wildman–Crippen LogP) is 1.09. The summed E-state index contributed by atoms with van der Waals surface area (Å²) < 4.78 is 0. The second kappa shape index (κ2) is 9.30. The SMILES string of the molecule is O=C(NC(Cc1ccccc1)C(O)C(=O)N1CC(O)C(O)C1)c1cc2cc(Cl)ccc2[nH]1. The molecule has 2 heterocycles. The minimum absolute atomic E-state index is 0.0775. The Bertz CT molecular complexity index is 1110. The minimum Gasteiger partial charge on any atom is -0.388 e. The van der Waals surface area contributed by atoms with Gasteiger partial charge < -0.3 is 30.5 Å². The Balaban J connectivity index is 1.55. The van der Waals surface area contributed by atoms with Crippen LogP contribution < -0.4 is 5.32 Å². The van der Waals surface area contributed by atoms with Gasteiger partial charge in [0.1, 0.15) is 5.69 Å². The highest BCUT2D eigenvalue weighted by Crippen LogP contribution is 2.21. The highest BCUT2D eigenvalue weighted by molar-refractivity contribution is 6.31. The van der Waals surface area contributed by atoms with Crippen LogP contribution in [0.4, 0.5) is 0 Å². The van der Waals surface area contributed by atoms with Crippen molar-refractivity contribution in [2.75, 3.05) is 13.1 Å². The first kappa shape index (κ1) is 22.3. The van der Waals surface area contributed by atoms with Crippen molar-refractivity contribution in [1.29, 1.82) is 0 Å². The molecule has 0 spiro atoms. The van der Waals surface area contributed by atoms with E-state index in [1.54, 1.807) is 24.3 Å². The summed E-state index contributed by atoms with van der Waals surface area (Å²) in [5, 5.41) is 34.4. The molecule has 0 bridgehead atoms. The molecular formula is C23H24ClN3O5. The lowest BCUT2D eigenvalue weighted by Gasteiger charge is -2.27. The second-order valence-corrected chi connectivity index (χ2v) is 8.44. The van der Waals surface area contributed by atoms with Gasteiger partial charge in [0.2, 0.25) is 0 Å². The number of aromatic amines is 1. The van der Waals surface area contributed by atoms with Crippen LogP contribution in [0.3, 0.4) is 0 Å². The molecule has 4 rings (SSSR count). The molecule has 5 N–H and O–H groups in total. The lowest BCUT2D eigenvalue weighted by molar-refractivity contribution is -0.141. The Kier molecular flexibility index (Phi) is 6.48. The van der Waals surface area contributed by atoms with Gasteiger partial charge in [-0.3, -0.25) is 9.59 Å². The van der Waals surface area contributed by atoms with Crippen LogP contribution in [0.25, 0.3) is 10.9 Å². The largest absolute Gasteiger partial charge is 0.388 e. The summed E-state index contributed by atoms with van der Waals surface area (Å²) in [6.45, 7) is -0.155. The van der Waals surface area contributed by atoms with Crippen LogP contribution in [0.1, 0.15) is 16.1 Å². The van der Waals surface area contributed by atoms with E-state index in [2.05, 4.69) is 10.3 Å². The first-order valence-corrected chi connectivity index (χ1v) is 10.7. The predicted molar refractivity (Wildman–Crippen MR) is 119 cm³/mol. The van der Waals surface area contributed by atoms with Crippen LogP contribution in [-0.2, 0) is 11.2 Å². The maximum absolute atomic E-state index is 13.0. The number of carbonyl (C=O) groups is 2. The summed E-state index contributed by atoms with van der Waals surface area (Å²) in [5.41, 5.74) is 1.83. The summed E-state index contributed by atoms with van der Waals surface area (Å²) in [6, 6.07) is 15.1. The summed E-state index contributed by atoms with van der Waals surface area (Å²) in [4.78, 5) is 30.0. The lowest BCUT2D eigenvalue weighted by Crippen LogP contribution is -2.52. The number of aliphatic hydroxyl groups excluding tert-OH is 3. The Hall–Kier alpha value is -2.91. The molecule has 1 fully saturated rings. The third-order valence-electron chi connectivity index (χ3n) is 5.65. The van der Waals surface area contributed by atoms with Crippen molar-refractivity contribution in [3.05, 3.63) is 70.9 Å². The van der Waals surface area contributed by atoms with Crippen LogP contribution in [0.2, 0.25) is 5.02 Å². The molecule has 0 aliphatic carbocycles. The summed E-state index contributed by atoms with van der Waals surface area (Å²) in [5.74, 6) is -1.14. The number of H-pyrrole nitrogens is 1. The van der Waals surface area contributed by atoms with Gasteiger partial charge in [0, 0.05) is 29.0 Å². The van der Waals surface area contributed by atoms with Crippen LogP contribution >= 0.6 is 11.6 Å². The molecule has 2 amide bonds. The number of hydrogen-bond acceptors (Lipinski definition) is 5. The third kappa shape index (κ3) is 4.78. The van der Waals surface area contributed by atoms with Gasteiger partial charge in [-0.05, 0) is 36.2 Å². The van der Waals surface area contributed by atoms with Gasteiger partial charge in [-0.1, -0.05) is 41.9 Å². The average molecular weight is 458 g/mol. The smallest absolute Gasteiger partial charge is 0.268 e. The molecule has 9 heteroatoms. The zero-order chi connectivity index (χ0) is 22.8. The van der Waals surface area contributed by atoms with Crippen molar-refractivity contribution in [2.45, 2.75) is 30.8 Å². The quantitative estimate of drug-likeness (QED) is 0.379. The number of aromatic nitrogens is 1. The van der Waals surface area contributed by atoms with Gasteiger partial charge in [0.15, 0.2) is 6.10 Å². The molecule has 0 radical (unpaired) electrons. The highest BCUT2D eigenvalue weighted by atomic mass is 35.5. The van der Waals surface area contributed by atoms with Crippen molar-refractivity contribution in [1.82, 2.24) is 15.2 Å². The Morgan fingerprint density at radius 1 is 1.09 bits per heavy atom. The number of β-amino-alcohol motifs (C(OH)–C–C–N with tert-alkyl or cyclic N) is 2. The zero-order valence-electron chi connectivity index (χ0n) is 17.1. The number of likely N-dealkylation sites (tertiary alicyclic amines) is 1. The molecule has 8 nitrogen and oxygen atoms in total. The fourth-order valence-electron chi connectivity index (χ4n) is 3.89. The lowest BCUT2D eigenvalue weighted by atomic mass is 10.00. The molecule has 1 aliphatic rings. The van der Waals surface area contributed by atoms with Crippen molar-refractivity contribution in [3.8, 4) is 0 Å². The van der Waals surface area contributed by atoms with Crippen LogP contribution in [-0.4, -0.2) is 74.5 Å². The number of benzene rings is 2. The number of aliphatic hydroxyl groups is 3. The first-order chi connectivity index (χ1) is 15.3. The first-order valence-electron chi connectivity index (χ1n) is 10.3. The van der Waals surface area contributed by atoms with E-state index in [1.807, 2.05) is 30.3 Å². The van der Waals surface area contributed by atoms with Gasteiger partial charge in [-0.2, -0.15) is 0 Å². The van der Waals surface area contributed by atoms with E-state index in [0.29, 0.717) is 5.02 Å². The number of nitrogens with one attached hydrogen (secondary N) is 2. The van der Waals surface area contributed by atoms with Crippen LogP contribution in [0.5, 0.6) is 0 Å². The van der Waals surface area contributed by atoms with Crippen molar-refractivity contribution in [3.63, 3.8) is 0 Å². The van der Waals surface area contributed by atoms with Crippen molar-refractivity contribution < 1.29 is 24.9 Å². The molecule has 32 heavy (non-hydrogen) atoms. The third-order valence-corrected chi connectivity index (χ3v) is 5.88. The number of hydrogen-bond donors (Lipinski definition) is 5. The number of rotatable bonds is 6. The fourth-order valence-corrected chi connectivity index (χ4v) is 4.07. The van der Waals surface area contributed by atoms with Crippen molar-refractivity contribution in [2.24, 2.45) is 0 Å². The normalized spacial score (nSPS) is 20.3. The molecule has 168 valence electrons. The molecule has 2 aromatic carbocycles. The summed E-state index contributed by atoms with van der Waals surface area (Å²) in [6.07, 6.45) is -3.47. The summed E-state index contributed by atoms with van der Waals surface area (Å²) >= 11 is 6.02.